The summed E-state index contributed by atoms with van der Waals surface area (Å²) in [4.78, 5) is 63.6. The lowest BCUT2D eigenvalue weighted by molar-refractivity contribution is -0.149. The van der Waals surface area contributed by atoms with Crippen molar-refractivity contribution in [2.24, 2.45) is 5.92 Å². The number of nitrogens with one attached hydrogen (secondary N) is 4. The number of hydrogen-bond acceptors (Lipinski definition) is 8. The molecule has 4 amide bonds. The number of carbonyl (C=O) groups is 5. The molecule has 0 unspecified atom stereocenters. The maximum atomic E-state index is 13.4. The topological polar surface area (TPSA) is 161 Å². The highest BCUT2D eigenvalue weighted by Gasteiger charge is 2.31. The Morgan fingerprint density at radius 3 is 1.80 bits per heavy atom. The van der Waals surface area contributed by atoms with Crippen LogP contribution in [0.3, 0.4) is 0 Å². The van der Waals surface area contributed by atoms with E-state index in [9.17, 15) is 24.0 Å². The van der Waals surface area contributed by atoms with Gasteiger partial charge in [-0.3, -0.25) is 9.59 Å². The monoisotopic (exact) mass is 640 g/mol. The number of esters is 1. The Balaban J connectivity index is 1.96. The first-order valence-electron chi connectivity index (χ1n) is 15.5. The number of ether oxygens (including phenoxy) is 3. The SMILES string of the molecule is CC(C)[C@H](NC(=O)[C@H](C)NC(=O)OC(C)(C)C)C(=O)N[C@@H](CCCCNC(=O)OCc1ccccc1)C(=O)OCc1ccccc1. The van der Waals surface area contributed by atoms with Crippen LogP contribution in [0.25, 0.3) is 0 Å². The molecule has 0 aromatic heterocycles. The second-order valence-electron chi connectivity index (χ2n) is 12.2. The number of rotatable bonds is 16. The Hall–Kier alpha value is -4.61. The van der Waals surface area contributed by atoms with Crippen molar-refractivity contribution in [2.75, 3.05) is 6.54 Å². The quantitative estimate of drug-likeness (QED) is 0.120. The molecule has 252 valence electrons. The fourth-order valence-corrected chi connectivity index (χ4v) is 4.14. The lowest BCUT2D eigenvalue weighted by atomic mass is 10.0. The highest BCUT2D eigenvalue weighted by Crippen LogP contribution is 2.11. The molecule has 0 aliphatic rings. The van der Waals surface area contributed by atoms with Gasteiger partial charge in [0, 0.05) is 6.54 Å². The summed E-state index contributed by atoms with van der Waals surface area (Å²) in [6.07, 6.45) is -0.102. The number of alkyl carbamates (subject to hydrolysis) is 2. The minimum atomic E-state index is -1.00. The normalized spacial score (nSPS) is 13.0. The van der Waals surface area contributed by atoms with Gasteiger partial charge in [0.25, 0.3) is 0 Å². The van der Waals surface area contributed by atoms with Gasteiger partial charge < -0.3 is 35.5 Å². The van der Waals surface area contributed by atoms with Crippen LogP contribution in [0.2, 0.25) is 0 Å². The van der Waals surface area contributed by atoms with Crippen LogP contribution in [-0.4, -0.2) is 60.2 Å². The van der Waals surface area contributed by atoms with E-state index in [1.54, 1.807) is 34.6 Å². The molecule has 3 atom stereocenters. The first kappa shape index (κ1) is 37.6. The van der Waals surface area contributed by atoms with E-state index in [4.69, 9.17) is 14.2 Å². The van der Waals surface area contributed by atoms with E-state index in [0.717, 1.165) is 11.1 Å². The Labute approximate surface area is 271 Å². The largest absolute Gasteiger partial charge is 0.459 e. The highest BCUT2D eigenvalue weighted by molar-refractivity contribution is 5.93. The standard InChI is InChI=1S/C34H48N4O8/c1-23(2)28(38-29(39)24(3)36-33(43)46-34(4,5)6)30(40)37-27(31(41)44-21-25-15-9-7-10-16-25)19-13-14-20-35-32(42)45-22-26-17-11-8-12-18-26/h7-12,15-18,23-24,27-28H,13-14,19-22H2,1-6H3,(H,35,42)(H,36,43)(H,37,40)(H,38,39)/t24-,27-,28-/m0/s1. The van der Waals surface area contributed by atoms with Crippen molar-refractivity contribution in [3.63, 3.8) is 0 Å². The van der Waals surface area contributed by atoms with E-state index in [2.05, 4.69) is 21.3 Å². The van der Waals surface area contributed by atoms with E-state index in [-0.39, 0.29) is 25.6 Å². The average molecular weight is 641 g/mol. The summed E-state index contributed by atoms with van der Waals surface area (Å²) >= 11 is 0. The number of amides is 4. The Morgan fingerprint density at radius 1 is 0.696 bits per heavy atom. The zero-order valence-electron chi connectivity index (χ0n) is 27.6. The summed E-state index contributed by atoms with van der Waals surface area (Å²) < 4.78 is 15.9. The molecular weight excluding hydrogens is 592 g/mol. The van der Waals surface area contributed by atoms with Crippen LogP contribution >= 0.6 is 0 Å². The smallest absolute Gasteiger partial charge is 0.408 e. The van der Waals surface area contributed by atoms with Gasteiger partial charge in [-0.25, -0.2) is 14.4 Å². The lowest BCUT2D eigenvalue weighted by Gasteiger charge is -2.27. The zero-order valence-corrected chi connectivity index (χ0v) is 27.6. The molecule has 2 rings (SSSR count). The molecule has 0 spiro atoms. The molecule has 0 aliphatic heterocycles. The van der Waals surface area contributed by atoms with Crippen LogP contribution in [0.5, 0.6) is 0 Å². The number of hydrogen-bond donors (Lipinski definition) is 4. The summed E-state index contributed by atoms with van der Waals surface area (Å²) in [5.41, 5.74) is 0.916. The van der Waals surface area contributed by atoms with Crippen molar-refractivity contribution >= 4 is 30.0 Å². The van der Waals surface area contributed by atoms with E-state index in [0.29, 0.717) is 19.4 Å². The van der Waals surface area contributed by atoms with Crippen molar-refractivity contribution in [1.82, 2.24) is 21.3 Å². The number of benzene rings is 2. The molecule has 0 heterocycles. The number of carbonyl (C=O) groups excluding carboxylic acids is 5. The summed E-state index contributed by atoms with van der Waals surface area (Å²) in [6, 6.07) is 15.5. The molecule has 0 fully saturated rings. The van der Waals surface area contributed by atoms with Crippen LogP contribution in [0, 0.1) is 5.92 Å². The zero-order chi connectivity index (χ0) is 34.1. The van der Waals surface area contributed by atoms with Gasteiger partial charge in [0.05, 0.1) is 0 Å². The molecular formula is C34H48N4O8. The number of unbranched alkanes of at least 4 members (excludes halogenated alkanes) is 1. The molecule has 0 saturated carbocycles. The Kier molecular flexibility index (Phi) is 15.5. The third kappa shape index (κ3) is 14.9. The van der Waals surface area contributed by atoms with Crippen molar-refractivity contribution in [2.45, 2.75) is 97.7 Å². The van der Waals surface area contributed by atoms with Crippen molar-refractivity contribution in [3.05, 3.63) is 71.8 Å². The second-order valence-corrected chi connectivity index (χ2v) is 12.2. The Morgan fingerprint density at radius 2 is 1.26 bits per heavy atom. The van der Waals surface area contributed by atoms with Gasteiger partial charge in [-0.2, -0.15) is 0 Å². The van der Waals surface area contributed by atoms with E-state index in [1.807, 2.05) is 60.7 Å². The van der Waals surface area contributed by atoms with Crippen molar-refractivity contribution in [3.8, 4) is 0 Å². The van der Waals surface area contributed by atoms with Gasteiger partial charge in [0.1, 0.15) is 36.9 Å². The van der Waals surface area contributed by atoms with Gasteiger partial charge in [0.2, 0.25) is 11.8 Å². The third-order valence-electron chi connectivity index (χ3n) is 6.60. The van der Waals surface area contributed by atoms with Crippen LogP contribution < -0.4 is 21.3 Å². The highest BCUT2D eigenvalue weighted by atomic mass is 16.6. The van der Waals surface area contributed by atoms with Crippen molar-refractivity contribution < 1.29 is 38.2 Å². The van der Waals surface area contributed by atoms with Crippen molar-refractivity contribution in [1.29, 1.82) is 0 Å². The van der Waals surface area contributed by atoms with Gasteiger partial charge in [0.15, 0.2) is 0 Å². The minimum absolute atomic E-state index is 0.0268. The molecule has 4 N–H and O–H groups in total. The lowest BCUT2D eigenvalue weighted by Crippen LogP contribution is -2.57. The van der Waals surface area contributed by atoms with Gasteiger partial charge in [-0.05, 0) is 64.0 Å². The van der Waals surface area contributed by atoms with E-state index < -0.39 is 53.7 Å². The van der Waals surface area contributed by atoms with Crippen LogP contribution in [0.4, 0.5) is 9.59 Å². The molecule has 0 saturated heterocycles. The van der Waals surface area contributed by atoms with E-state index in [1.165, 1.54) is 6.92 Å². The predicted octanol–water partition coefficient (Wildman–Crippen LogP) is 4.37. The first-order chi connectivity index (χ1) is 21.7. The molecule has 2 aromatic rings. The minimum Gasteiger partial charge on any atom is -0.459 e. The molecule has 0 bridgehead atoms. The summed E-state index contributed by atoms with van der Waals surface area (Å²) in [6.45, 7) is 10.6. The molecule has 46 heavy (non-hydrogen) atoms. The van der Waals surface area contributed by atoms with Gasteiger partial charge in [-0.1, -0.05) is 74.5 Å². The molecule has 12 nitrogen and oxygen atoms in total. The van der Waals surface area contributed by atoms with Crippen LogP contribution in [0.15, 0.2) is 60.7 Å². The molecule has 2 aromatic carbocycles. The van der Waals surface area contributed by atoms with Crippen LogP contribution in [-0.2, 0) is 41.8 Å². The fraction of sp³-hybridized carbons (Fsp3) is 0.500. The third-order valence-corrected chi connectivity index (χ3v) is 6.60. The average Bonchev–Trinajstić information content (AvgIpc) is 3.00. The second kappa shape index (κ2) is 19.0. The molecule has 12 heteroatoms. The van der Waals surface area contributed by atoms with Gasteiger partial charge in [-0.15, -0.1) is 0 Å². The molecule has 0 aliphatic carbocycles. The predicted molar refractivity (Wildman–Crippen MR) is 172 cm³/mol. The maximum absolute atomic E-state index is 13.4. The Bertz CT molecular complexity index is 1260. The molecule has 0 radical (unpaired) electrons. The van der Waals surface area contributed by atoms with E-state index >= 15 is 0 Å². The first-order valence-corrected chi connectivity index (χ1v) is 15.5. The van der Waals surface area contributed by atoms with Gasteiger partial charge >= 0.3 is 18.2 Å². The summed E-state index contributed by atoms with van der Waals surface area (Å²) in [7, 11) is 0. The maximum Gasteiger partial charge on any atom is 0.408 e. The summed E-state index contributed by atoms with van der Waals surface area (Å²) in [5, 5.41) is 10.5. The van der Waals surface area contributed by atoms with Crippen LogP contribution in [0.1, 0.15) is 71.9 Å². The summed E-state index contributed by atoms with van der Waals surface area (Å²) in [5.74, 6) is -2.13. The fourth-order valence-electron chi connectivity index (χ4n) is 4.14.